The Labute approximate surface area is 180 Å². The number of hydrogen-bond acceptors (Lipinski definition) is 5. The van der Waals surface area contributed by atoms with Gasteiger partial charge in [-0.15, -0.1) is 0 Å². The van der Waals surface area contributed by atoms with Gasteiger partial charge in [0.25, 0.3) is 5.91 Å². The van der Waals surface area contributed by atoms with Gasteiger partial charge >= 0.3 is 0 Å². The number of carbonyl (C=O) groups is 2. The summed E-state index contributed by atoms with van der Waals surface area (Å²) in [5, 5.41) is 6.90. The van der Waals surface area contributed by atoms with Gasteiger partial charge in [0.05, 0.1) is 11.6 Å². The Hall–Kier alpha value is -3.26. The van der Waals surface area contributed by atoms with Crippen molar-refractivity contribution in [3.8, 4) is 0 Å². The first-order valence-electron chi connectivity index (χ1n) is 10.4. The number of nitrogens with zero attached hydrogens (tertiary/aromatic N) is 2. The average molecular weight is 424 g/mol. The summed E-state index contributed by atoms with van der Waals surface area (Å²) in [7, 11) is 0. The highest BCUT2D eigenvalue weighted by Crippen LogP contribution is 2.24. The minimum absolute atomic E-state index is 0.138. The van der Waals surface area contributed by atoms with Crippen LogP contribution in [0.3, 0.4) is 0 Å². The lowest BCUT2D eigenvalue weighted by atomic mass is 9.97. The predicted octanol–water partition coefficient (Wildman–Crippen LogP) is 2.65. The fourth-order valence-electron chi connectivity index (χ4n) is 4.02. The summed E-state index contributed by atoms with van der Waals surface area (Å²) in [5.74, 6) is -1.07. The molecule has 0 aliphatic carbocycles. The second-order valence-corrected chi connectivity index (χ2v) is 7.97. The number of piperidine rings is 1. The van der Waals surface area contributed by atoms with Crippen LogP contribution >= 0.6 is 0 Å². The Bertz CT molecular complexity index is 1010. The Morgan fingerprint density at radius 3 is 2.87 bits per heavy atom. The normalized spacial score (nSPS) is 21.3. The van der Waals surface area contributed by atoms with Crippen LogP contribution < -0.4 is 11.1 Å². The number of para-hydroxylation sites is 1. The highest BCUT2D eigenvalue weighted by molar-refractivity contribution is 6.06. The molecule has 0 radical (unpaired) electrons. The first-order valence-corrected chi connectivity index (χ1v) is 10.4. The quantitative estimate of drug-likeness (QED) is 0.745. The molecule has 2 aromatic carbocycles. The van der Waals surface area contributed by atoms with Crippen LogP contribution in [-0.2, 0) is 21.0 Å². The van der Waals surface area contributed by atoms with Gasteiger partial charge < -0.3 is 15.9 Å². The summed E-state index contributed by atoms with van der Waals surface area (Å²) in [4.78, 5) is 31.8. The first-order chi connectivity index (χ1) is 15.0. The molecule has 2 heterocycles. The molecule has 0 spiro atoms. The molecule has 2 aliphatic rings. The molecule has 2 aliphatic heterocycles. The number of oxime groups is 1. The van der Waals surface area contributed by atoms with Crippen molar-refractivity contribution < 1.29 is 18.8 Å². The standard InChI is InChI=1S/C23H25FN4O3/c24-18-8-3-6-15(11-18)20-12-21(31-27-20)23(30)26-19-9-2-1-5-16(19)13-28-10-4-7-17(14-28)22(25)29/h1-3,5-6,8-9,11,17,21H,4,7,10,12-14H2,(H2,25,29)(H,26,30). The van der Waals surface area contributed by atoms with Crippen molar-refractivity contribution in [1.29, 1.82) is 0 Å². The molecule has 0 aromatic heterocycles. The third kappa shape index (κ3) is 5.08. The third-order valence-corrected chi connectivity index (χ3v) is 5.70. The van der Waals surface area contributed by atoms with E-state index in [9.17, 15) is 14.0 Å². The summed E-state index contributed by atoms with van der Waals surface area (Å²) in [6.07, 6.45) is 1.22. The first kappa shape index (κ1) is 21.0. The van der Waals surface area contributed by atoms with Gasteiger partial charge in [-0.1, -0.05) is 35.5 Å². The fourth-order valence-corrected chi connectivity index (χ4v) is 4.02. The Balaban J connectivity index is 1.39. The van der Waals surface area contributed by atoms with E-state index >= 15 is 0 Å². The topological polar surface area (TPSA) is 97.0 Å². The Kier molecular flexibility index (Phi) is 6.27. The van der Waals surface area contributed by atoms with Crippen LogP contribution in [0.4, 0.5) is 10.1 Å². The van der Waals surface area contributed by atoms with Gasteiger partial charge in [0.15, 0.2) is 0 Å². The van der Waals surface area contributed by atoms with Crippen LogP contribution in [0, 0.1) is 11.7 Å². The number of primary amides is 1. The van der Waals surface area contributed by atoms with E-state index in [1.807, 2.05) is 24.3 Å². The molecule has 2 unspecified atom stereocenters. The van der Waals surface area contributed by atoms with E-state index in [1.165, 1.54) is 12.1 Å². The highest BCUT2D eigenvalue weighted by Gasteiger charge is 2.30. The number of benzene rings is 2. The molecule has 1 fully saturated rings. The van der Waals surface area contributed by atoms with Crippen LogP contribution in [0.25, 0.3) is 0 Å². The van der Waals surface area contributed by atoms with Crippen LogP contribution in [-0.4, -0.2) is 41.6 Å². The van der Waals surface area contributed by atoms with Crippen LogP contribution in [0.1, 0.15) is 30.4 Å². The molecule has 8 heteroatoms. The van der Waals surface area contributed by atoms with E-state index in [-0.39, 0.29) is 30.0 Å². The van der Waals surface area contributed by atoms with Gasteiger partial charge in [0.2, 0.25) is 12.0 Å². The zero-order valence-corrected chi connectivity index (χ0v) is 17.1. The van der Waals surface area contributed by atoms with Crippen molar-refractivity contribution in [2.75, 3.05) is 18.4 Å². The smallest absolute Gasteiger partial charge is 0.268 e. The van der Waals surface area contributed by atoms with Crippen molar-refractivity contribution in [3.05, 3.63) is 65.5 Å². The largest absolute Gasteiger partial charge is 0.382 e. The second kappa shape index (κ2) is 9.26. The van der Waals surface area contributed by atoms with Gasteiger partial charge in [-0.3, -0.25) is 14.5 Å². The van der Waals surface area contributed by atoms with E-state index in [0.717, 1.165) is 24.9 Å². The van der Waals surface area contributed by atoms with E-state index in [2.05, 4.69) is 15.4 Å². The van der Waals surface area contributed by atoms with Gasteiger partial charge in [0.1, 0.15) is 5.82 Å². The van der Waals surface area contributed by atoms with Crippen molar-refractivity contribution in [2.45, 2.75) is 31.9 Å². The van der Waals surface area contributed by atoms with Gasteiger partial charge in [-0.05, 0) is 43.1 Å². The summed E-state index contributed by atoms with van der Waals surface area (Å²) in [6.45, 7) is 2.10. The van der Waals surface area contributed by atoms with Crippen LogP contribution in [0.2, 0.25) is 0 Å². The summed E-state index contributed by atoms with van der Waals surface area (Å²) < 4.78 is 13.5. The summed E-state index contributed by atoms with van der Waals surface area (Å²) in [6, 6.07) is 13.6. The minimum Gasteiger partial charge on any atom is -0.382 e. The second-order valence-electron chi connectivity index (χ2n) is 7.97. The molecule has 162 valence electrons. The van der Waals surface area contributed by atoms with Gasteiger partial charge in [-0.2, -0.15) is 0 Å². The van der Waals surface area contributed by atoms with E-state index in [1.54, 1.807) is 12.1 Å². The number of halogens is 1. The molecule has 2 atom stereocenters. The number of likely N-dealkylation sites (tertiary alicyclic amines) is 1. The monoisotopic (exact) mass is 424 g/mol. The zero-order chi connectivity index (χ0) is 21.8. The van der Waals surface area contributed by atoms with E-state index < -0.39 is 6.10 Å². The molecule has 7 nitrogen and oxygen atoms in total. The Morgan fingerprint density at radius 1 is 1.23 bits per heavy atom. The van der Waals surface area contributed by atoms with Crippen LogP contribution in [0.15, 0.2) is 53.7 Å². The van der Waals surface area contributed by atoms with E-state index in [4.69, 9.17) is 10.6 Å². The molecule has 3 N–H and O–H groups in total. The van der Waals surface area contributed by atoms with Gasteiger partial charge in [-0.25, -0.2) is 4.39 Å². The zero-order valence-electron chi connectivity index (χ0n) is 17.1. The van der Waals surface area contributed by atoms with Crippen molar-refractivity contribution >= 4 is 23.2 Å². The highest BCUT2D eigenvalue weighted by atomic mass is 19.1. The molecular formula is C23H25FN4O3. The molecule has 0 saturated carbocycles. The molecular weight excluding hydrogens is 399 g/mol. The summed E-state index contributed by atoms with van der Waals surface area (Å²) in [5.41, 5.74) is 8.26. The Morgan fingerprint density at radius 2 is 2.06 bits per heavy atom. The minimum atomic E-state index is -0.777. The molecule has 2 aromatic rings. The maximum absolute atomic E-state index is 13.5. The number of rotatable bonds is 6. The van der Waals surface area contributed by atoms with Crippen LogP contribution in [0.5, 0.6) is 0 Å². The molecule has 4 rings (SSSR count). The number of amides is 2. The lowest BCUT2D eigenvalue weighted by molar-refractivity contribution is -0.125. The van der Waals surface area contributed by atoms with E-state index in [0.29, 0.717) is 30.1 Å². The number of anilines is 1. The molecule has 1 saturated heterocycles. The number of carbonyl (C=O) groups excluding carboxylic acids is 2. The predicted molar refractivity (Wildman–Crippen MR) is 115 cm³/mol. The van der Waals surface area contributed by atoms with Crippen molar-refractivity contribution in [2.24, 2.45) is 16.8 Å². The molecule has 2 amide bonds. The third-order valence-electron chi connectivity index (χ3n) is 5.70. The van der Waals surface area contributed by atoms with Crippen molar-refractivity contribution in [3.63, 3.8) is 0 Å². The van der Waals surface area contributed by atoms with Crippen molar-refractivity contribution in [1.82, 2.24) is 4.90 Å². The molecule has 31 heavy (non-hydrogen) atoms. The maximum Gasteiger partial charge on any atom is 0.268 e. The lowest BCUT2D eigenvalue weighted by Crippen LogP contribution is -2.40. The molecule has 0 bridgehead atoms. The van der Waals surface area contributed by atoms with Gasteiger partial charge in [0, 0.05) is 30.8 Å². The number of nitrogens with one attached hydrogen (secondary N) is 1. The number of hydrogen-bond donors (Lipinski definition) is 2. The summed E-state index contributed by atoms with van der Waals surface area (Å²) >= 11 is 0. The average Bonchev–Trinajstić information content (AvgIpc) is 3.26. The fraction of sp³-hybridized carbons (Fsp3) is 0.348. The maximum atomic E-state index is 13.5. The lowest BCUT2D eigenvalue weighted by Gasteiger charge is -2.31. The number of nitrogens with two attached hydrogens (primary N) is 1. The SMILES string of the molecule is NC(=O)C1CCCN(Cc2ccccc2NC(=O)C2CC(c3cccc(F)c3)=NO2)C1.